The van der Waals surface area contributed by atoms with Gasteiger partial charge in [0.05, 0.1) is 10.9 Å². The highest BCUT2D eigenvalue weighted by Gasteiger charge is 2.22. The summed E-state index contributed by atoms with van der Waals surface area (Å²) in [4.78, 5) is 44.3. The van der Waals surface area contributed by atoms with Crippen LogP contribution in [0.15, 0.2) is 70.3 Å². The average Bonchev–Trinajstić information content (AvgIpc) is 2.78. The number of benzene rings is 2. The first-order chi connectivity index (χ1) is 14.6. The van der Waals surface area contributed by atoms with Crippen molar-refractivity contribution in [1.82, 2.24) is 19.4 Å². The summed E-state index contributed by atoms with van der Waals surface area (Å²) < 4.78 is 0.986. The van der Waals surface area contributed by atoms with Crippen molar-refractivity contribution < 1.29 is 4.79 Å². The number of amides is 1. The summed E-state index contributed by atoms with van der Waals surface area (Å²) in [5.41, 5.74) is 0.648. The molecule has 0 atom stereocenters. The van der Waals surface area contributed by atoms with Crippen LogP contribution in [-0.2, 0) is 11.3 Å². The van der Waals surface area contributed by atoms with Crippen LogP contribution in [-0.4, -0.2) is 58.0 Å². The Morgan fingerprint density at radius 2 is 1.63 bits per heavy atom. The monoisotopic (exact) mass is 404 g/mol. The number of nitrogens with zero attached hydrogens (tertiary/aromatic N) is 3. The van der Waals surface area contributed by atoms with Gasteiger partial charge in [0.15, 0.2) is 0 Å². The zero-order valence-corrected chi connectivity index (χ0v) is 16.7. The van der Waals surface area contributed by atoms with Crippen molar-refractivity contribution in [2.45, 2.75) is 6.54 Å². The maximum absolute atomic E-state index is 12.7. The van der Waals surface area contributed by atoms with Crippen molar-refractivity contribution in [3.05, 3.63) is 87.1 Å². The summed E-state index contributed by atoms with van der Waals surface area (Å²) in [5, 5.41) is 0.403. The average molecular weight is 404 g/mol. The van der Waals surface area contributed by atoms with Crippen LogP contribution in [0.5, 0.6) is 0 Å². The third-order valence-corrected chi connectivity index (χ3v) is 5.38. The lowest BCUT2D eigenvalue weighted by Crippen LogP contribution is -2.51. The number of aromatic amines is 1. The van der Waals surface area contributed by atoms with Gasteiger partial charge in [-0.2, -0.15) is 0 Å². The Morgan fingerprint density at radius 3 is 2.40 bits per heavy atom. The molecule has 4 rings (SSSR count). The van der Waals surface area contributed by atoms with Gasteiger partial charge in [0, 0.05) is 32.7 Å². The van der Waals surface area contributed by atoms with E-state index >= 15 is 0 Å². The van der Waals surface area contributed by atoms with E-state index in [4.69, 9.17) is 0 Å². The van der Waals surface area contributed by atoms with Gasteiger partial charge >= 0.3 is 5.69 Å². The van der Waals surface area contributed by atoms with E-state index in [0.717, 1.165) is 29.8 Å². The summed E-state index contributed by atoms with van der Waals surface area (Å²) in [6.45, 7) is 3.26. The number of piperazine rings is 1. The Labute approximate surface area is 173 Å². The van der Waals surface area contributed by atoms with Crippen molar-refractivity contribution in [1.29, 1.82) is 0 Å². The maximum Gasteiger partial charge on any atom is 0.329 e. The number of aromatic nitrogens is 2. The lowest BCUT2D eigenvalue weighted by Gasteiger charge is -2.34. The molecule has 154 valence electrons. The van der Waals surface area contributed by atoms with Crippen LogP contribution < -0.4 is 11.2 Å². The molecule has 0 aliphatic carbocycles. The van der Waals surface area contributed by atoms with Gasteiger partial charge in [-0.3, -0.25) is 19.1 Å². The van der Waals surface area contributed by atoms with E-state index < -0.39 is 11.2 Å². The third kappa shape index (κ3) is 4.41. The molecule has 1 N–H and O–H groups in total. The number of nitrogens with one attached hydrogen (secondary N) is 1. The first-order valence-corrected chi connectivity index (χ1v) is 10.1. The van der Waals surface area contributed by atoms with Gasteiger partial charge in [-0.25, -0.2) is 4.79 Å². The maximum atomic E-state index is 12.7. The Morgan fingerprint density at radius 1 is 0.933 bits per heavy atom. The number of hydrogen-bond donors (Lipinski definition) is 1. The molecule has 30 heavy (non-hydrogen) atoms. The number of rotatable bonds is 5. The first-order valence-electron chi connectivity index (χ1n) is 10.1. The van der Waals surface area contributed by atoms with Crippen LogP contribution in [0.25, 0.3) is 17.0 Å². The van der Waals surface area contributed by atoms with Crippen molar-refractivity contribution >= 4 is 22.9 Å². The summed E-state index contributed by atoms with van der Waals surface area (Å²) in [7, 11) is 0. The summed E-state index contributed by atoms with van der Waals surface area (Å²) in [6, 6.07) is 16.9. The number of para-hydroxylation sites is 1. The molecule has 1 amide bonds. The molecular formula is C23H24N4O3. The predicted molar refractivity (Wildman–Crippen MR) is 117 cm³/mol. The summed E-state index contributed by atoms with van der Waals surface area (Å²) in [5.74, 6) is -0.211. The molecule has 0 radical (unpaired) electrons. The topological polar surface area (TPSA) is 78.4 Å². The Kier molecular flexibility index (Phi) is 5.90. The van der Waals surface area contributed by atoms with Gasteiger partial charge in [-0.1, -0.05) is 54.6 Å². The molecule has 7 nitrogen and oxygen atoms in total. The van der Waals surface area contributed by atoms with Crippen LogP contribution >= 0.6 is 0 Å². The van der Waals surface area contributed by atoms with E-state index in [2.05, 4.69) is 34.2 Å². The van der Waals surface area contributed by atoms with Crippen LogP contribution in [0.1, 0.15) is 5.56 Å². The van der Waals surface area contributed by atoms with Gasteiger partial charge in [0.1, 0.15) is 6.54 Å². The molecule has 3 aromatic rings. The number of carbonyl (C=O) groups excluding carboxylic acids is 1. The molecule has 1 saturated heterocycles. The molecule has 1 aliphatic rings. The predicted octanol–water partition coefficient (Wildman–Crippen LogP) is 1.55. The second kappa shape index (κ2) is 8.92. The van der Waals surface area contributed by atoms with Gasteiger partial charge in [0.25, 0.3) is 5.56 Å². The number of hydrogen-bond acceptors (Lipinski definition) is 4. The second-order valence-electron chi connectivity index (χ2n) is 7.36. The largest absolute Gasteiger partial charge is 0.339 e. The van der Waals surface area contributed by atoms with Crippen molar-refractivity contribution in [2.75, 3.05) is 32.7 Å². The minimum atomic E-state index is -0.559. The molecular weight excluding hydrogens is 380 g/mol. The molecule has 1 fully saturated rings. The molecule has 1 aromatic heterocycles. The van der Waals surface area contributed by atoms with E-state index in [1.807, 2.05) is 18.2 Å². The fourth-order valence-corrected chi connectivity index (χ4v) is 3.66. The Balaban J connectivity index is 1.35. The fraction of sp³-hybridized carbons (Fsp3) is 0.261. The molecule has 2 heterocycles. The molecule has 0 spiro atoms. The summed E-state index contributed by atoms with van der Waals surface area (Å²) >= 11 is 0. The van der Waals surface area contributed by atoms with Crippen LogP contribution in [0.2, 0.25) is 0 Å². The van der Waals surface area contributed by atoms with Crippen molar-refractivity contribution in [3.63, 3.8) is 0 Å². The molecule has 0 saturated carbocycles. The van der Waals surface area contributed by atoms with Crippen LogP contribution in [0, 0.1) is 0 Å². The standard InChI is InChI=1S/C23H24N4O3/c28-21(17-27-22(29)19-10-4-5-11-20(19)24-23(27)30)26-15-13-25(14-16-26)12-6-9-18-7-2-1-3-8-18/h1-11H,12-17H2,(H,24,30)/b9-6+. The lowest BCUT2D eigenvalue weighted by molar-refractivity contribution is -0.133. The lowest BCUT2D eigenvalue weighted by atomic mass is 10.2. The second-order valence-corrected chi connectivity index (χ2v) is 7.36. The van der Waals surface area contributed by atoms with Crippen molar-refractivity contribution in [2.24, 2.45) is 0 Å². The molecule has 2 aromatic carbocycles. The zero-order valence-electron chi connectivity index (χ0n) is 16.7. The van der Waals surface area contributed by atoms with Gasteiger partial charge < -0.3 is 9.88 Å². The van der Waals surface area contributed by atoms with Gasteiger partial charge in [-0.15, -0.1) is 0 Å². The number of carbonyl (C=O) groups is 1. The van der Waals surface area contributed by atoms with Gasteiger partial charge in [0.2, 0.25) is 5.91 Å². The van der Waals surface area contributed by atoms with Crippen molar-refractivity contribution in [3.8, 4) is 0 Å². The van der Waals surface area contributed by atoms with E-state index in [-0.39, 0.29) is 12.5 Å². The normalized spacial score (nSPS) is 15.1. The van der Waals surface area contributed by atoms with E-state index in [1.54, 1.807) is 29.2 Å². The highest BCUT2D eigenvalue weighted by Crippen LogP contribution is 2.06. The highest BCUT2D eigenvalue weighted by atomic mass is 16.2. The Bertz CT molecular complexity index is 1170. The zero-order chi connectivity index (χ0) is 20.9. The van der Waals surface area contributed by atoms with Crippen LogP contribution in [0.4, 0.5) is 0 Å². The van der Waals surface area contributed by atoms with Gasteiger partial charge in [-0.05, 0) is 17.7 Å². The number of fused-ring (bicyclic) bond motifs is 1. The Hall–Kier alpha value is -3.45. The SMILES string of the molecule is O=C(Cn1c(=O)[nH]c2ccccc2c1=O)N1CCN(C/C=C/c2ccccc2)CC1. The molecule has 1 aliphatic heterocycles. The highest BCUT2D eigenvalue weighted by molar-refractivity contribution is 5.79. The molecule has 0 bridgehead atoms. The fourth-order valence-electron chi connectivity index (χ4n) is 3.66. The summed E-state index contributed by atoms with van der Waals surface area (Å²) in [6.07, 6.45) is 4.22. The minimum Gasteiger partial charge on any atom is -0.339 e. The minimum absolute atomic E-state index is 0.211. The van der Waals surface area contributed by atoms with E-state index in [0.29, 0.717) is 24.0 Å². The quantitative estimate of drug-likeness (QED) is 0.700. The molecule has 7 heteroatoms. The third-order valence-electron chi connectivity index (χ3n) is 5.38. The van der Waals surface area contributed by atoms with Crippen LogP contribution in [0.3, 0.4) is 0 Å². The van der Waals surface area contributed by atoms with E-state index in [1.165, 1.54) is 0 Å². The smallest absolute Gasteiger partial charge is 0.329 e. The van der Waals surface area contributed by atoms with E-state index in [9.17, 15) is 14.4 Å². The number of H-pyrrole nitrogens is 1. The first kappa shape index (κ1) is 19.8. The molecule has 0 unspecified atom stereocenters.